The van der Waals surface area contributed by atoms with Crippen LogP contribution < -0.4 is 24.4 Å². The van der Waals surface area contributed by atoms with Crippen LogP contribution in [0.1, 0.15) is 49.1 Å². The van der Waals surface area contributed by atoms with Crippen molar-refractivity contribution < 1.29 is 19.0 Å². The maximum atomic E-state index is 14.1. The monoisotopic (exact) mass is 735 g/mol. The van der Waals surface area contributed by atoms with E-state index in [0.717, 1.165) is 15.6 Å². The van der Waals surface area contributed by atoms with Gasteiger partial charge in [-0.3, -0.25) is 9.36 Å². The standard InChI is InChI=1S/C33H27Br2N3O5S/c1-4-41-25-12-10-22(11-13-25)29-28(32(40)42-5-2)19(3)37-33-38(29)31(39)27(44-33)15-23-14-24(34)16-26(35)30(23)43-18-21-8-6-20(17-36)7-9-21/h6-16,29H,4-5,18H2,1-3H3/b27-15-/t29-/m0/s1. The van der Waals surface area contributed by atoms with E-state index in [0.29, 0.717) is 54.3 Å². The molecule has 1 aliphatic rings. The molecule has 224 valence electrons. The minimum Gasteiger partial charge on any atom is -0.494 e. The van der Waals surface area contributed by atoms with Gasteiger partial charge in [0.1, 0.15) is 18.1 Å². The molecule has 2 heterocycles. The van der Waals surface area contributed by atoms with E-state index in [9.17, 15) is 9.59 Å². The van der Waals surface area contributed by atoms with Gasteiger partial charge in [0.15, 0.2) is 4.80 Å². The summed E-state index contributed by atoms with van der Waals surface area (Å²) in [5.41, 5.74) is 3.37. The fraction of sp³-hybridized carbons (Fsp3) is 0.212. The first kappa shape index (κ1) is 31.4. The number of benzene rings is 3. The molecule has 0 bridgehead atoms. The molecule has 0 N–H and O–H groups in total. The SMILES string of the molecule is CCOC(=O)C1=C(C)N=c2s/c(=C\c3cc(Br)cc(Br)c3OCc3ccc(C#N)cc3)c(=O)n2[C@H]1c1ccc(OCC)cc1. The first-order valence-electron chi connectivity index (χ1n) is 13.8. The molecule has 3 aromatic carbocycles. The van der Waals surface area contributed by atoms with Crippen LogP contribution in [0.15, 0.2) is 90.7 Å². The van der Waals surface area contributed by atoms with Crippen LogP contribution in [0.4, 0.5) is 0 Å². The van der Waals surface area contributed by atoms with Gasteiger partial charge in [0, 0.05) is 10.0 Å². The molecule has 0 unspecified atom stereocenters. The van der Waals surface area contributed by atoms with Crippen molar-refractivity contribution in [3.05, 3.63) is 123 Å². The Morgan fingerprint density at radius 1 is 1.07 bits per heavy atom. The number of aromatic nitrogens is 1. The number of rotatable bonds is 9. The van der Waals surface area contributed by atoms with Gasteiger partial charge in [-0.1, -0.05) is 51.5 Å². The van der Waals surface area contributed by atoms with E-state index in [1.54, 1.807) is 36.6 Å². The Kier molecular flexibility index (Phi) is 9.84. The third-order valence-electron chi connectivity index (χ3n) is 6.81. The van der Waals surface area contributed by atoms with Gasteiger partial charge in [-0.05, 0) is 90.3 Å². The predicted octanol–water partition coefficient (Wildman–Crippen LogP) is 6.17. The number of ether oxygens (including phenoxy) is 3. The molecule has 0 aliphatic carbocycles. The van der Waals surface area contributed by atoms with Crippen LogP contribution in [0, 0.1) is 11.3 Å². The Morgan fingerprint density at radius 2 is 1.80 bits per heavy atom. The second-order valence-corrected chi connectivity index (χ2v) is 12.5. The molecular weight excluding hydrogens is 710 g/mol. The van der Waals surface area contributed by atoms with Crippen molar-refractivity contribution in [2.24, 2.45) is 4.99 Å². The summed E-state index contributed by atoms with van der Waals surface area (Å²) < 4.78 is 20.7. The lowest BCUT2D eigenvalue weighted by molar-refractivity contribution is -0.139. The summed E-state index contributed by atoms with van der Waals surface area (Å²) in [7, 11) is 0. The van der Waals surface area contributed by atoms with E-state index in [1.807, 2.05) is 55.5 Å². The predicted molar refractivity (Wildman–Crippen MR) is 175 cm³/mol. The van der Waals surface area contributed by atoms with Crippen LogP contribution in [0.25, 0.3) is 6.08 Å². The highest BCUT2D eigenvalue weighted by molar-refractivity contribution is 9.11. The van der Waals surface area contributed by atoms with Gasteiger partial charge in [0.25, 0.3) is 5.56 Å². The minimum atomic E-state index is -0.732. The Labute approximate surface area is 274 Å². The average molecular weight is 737 g/mol. The number of hydrogen-bond acceptors (Lipinski definition) is 8. The molecule has 4 aromatic rings. The summed E-state index contributed by atoms with van der Waals surface area (Å²) in [5.74, 6) is 0.724. The number of hydrogen-bond donors (Lipinski definition) is 0. The molecule has 8 nitrogen and oxygen atoms in total. The molecule has 0 fully saturated rings. The van der Waals surface area contributed by atoms with E-state index >= 15 is 0 Å². The van der Waals surface area contributed by atoms with Crippen molar-refractivity contribution >= 4 is 55.2 Å². The number of allylic oxidation sites excluding steroid dienone is 1. The van der Waals surface area contributed by atoms with Crippen LogP contribution in [-0.2, 0) is 16.1 Å². The van der Waals surface area contributed by atoms with E-state index in [-0.39, 0.29) is 18.8 Å². The zero-order valence-corrected chi connectivity index (χ0v) is 28.1. The summed E-state index contributed by atoms with van der Waals surface area (Å²) in [5, 5.41) is 9.09. The highest BCUT2D eigenvalue weighted by Gasteiger charge is 2.33. The molecule has 11 heteroatoms. The Balaban J connectivity index is 1.61. The number of nitrogens with zero attached hydrogens (tertiary/aromatic N) is 3. The Hall–Kier alpha value is -3.98. The van der Waals surface area contributed by atoms with Crippen molar-refractivity contribution in [3.63, 3.8) is 0 Å². The number of carbonyl (C=O) groups is 1. The number of carbonyl (C=O) groups excluding carboxylic acids is 1. The molecule has 0 spiro atoms. The smallest absolute Gasteiger partial charge is 0.338 e. The van der Waals surface area contributed by atoms with Crippen LogP contribution in [0.3, 0.4) is 0 Å². The Bertz CT molecular complexity index is 1970. The molecule has 0 saturated carbocycles. The summed E-state index contributed by atoms with van der Waals surface area (Å²) in [6.45, 7) is 6.38. The minimum absolute atomic E-state index is 0.193. The van der Waals surface area contributed by atoms with Gasteiger partial charge in [-0.2, -0.15) is 5.26 Å². The van der Waals surface area contributed by atoms with Gasteiger partial charge in [0.2, 0.25) is 0 Å². The fourth-order valence-corrected chi connectivity index (χ4v) is 7.24. The van der Waals surface area contributed by atoms with Gasteiger partial charge < -0.3 is 14.2 Å². The molecule has 0 radical (unpaired) electrons. The van der Waals surface area contributed by atoms with E-state index < -0.39 is 12.0 Å². The fourth-order valence-electron chi connectivity index (χ4n) is 4.83. The highest BCUT2D eigenvalue weighted by Crippen LogP contribution is 2.35. The van der Waals surface area contributed by atoms with E-state index in [1.165, 1.54) is 11.3 Å². The van der Waals surface area contributed by atoms with Crippen molar-refractivity contribution in [2.45, 2.75) is 33.4 Å². The topological polar surface area (TPSA) is 103 Å². The summed E-state index contributed by atoms with van der Waals surface area (Å²) in [6.07, 6.45) is 1.77. The molecule has 0 saturated heterocycles. The van der Waals surface area contributed by atoms with Gasteiger partial charge in [0.05, 0.1) is 51.2 Å². The normalized spacial score (nSPS) is 14.5. The van der Waals surface area contributed by atoms with Crippen LogP contribution in [-0.4, -0.2) is 23.8 Å². The lowest BCUT2D eigenvalue weighted by Crippen LogP contribution is -2.39. The second kappa shape index (κ2) is 13.8. The molecule has 1 aliphatic heterocycles. The second-order valence-electron chi connectivity index (χ2n) is 9.71. The first-order valence-corrected chi connectivity index (χ1v) is 16.2. The molecule has 44 heavy (non-hydrogen) atoms. The van der Waals surface area contributed by atoms with E-state index in [4.69, 9.17) is 19.5 Å². The number of fused-ring (bicyclic) bond motifs is 1. The maximum Gasteiger partial charge on any atom is 0.338 e. The van der Waals surface area contributed by atoms with Crippen molar-refractivity contribution in [1.29, 1.82) is 5.26 Å². The van der Waals surface area contributed by atoms with Crippen LogP contribution >= 0.6 is 43.2 Å². The third kappa shape index (κ3) is 6.58. The molecular formula is C33H27Br2N3O5S. The lowest BCUT2D eigenvalue weighted by Gasteiger charge is -2.24. The van der Waals surface area contributed by atoms with Gasteiger partial charge >= 0.3 is 5.97 Å². The summed E-state index contributed by atoms with van der Waals surface area (Å²) >= 11 is 8.39. The van der Waals surface area contributed by atoms with Crippen LogP contribution in [0.2, 0.25) is 0 Å². The number of halogens is 2. The Morgan fingerprint density at radius 3 is 2.45 bits per heavy atom. The number of nitriles is 1. The highest BCUT2D eigenvalue weighted by atomic mass is 79.9. The van der Waals surface area contributed by atoms with E-state index in [2.05, 4.69) is 42.9 Å². The van der Waals surface area contributed by atoms with Crippen molar-refractivity contribution in [2.75, 3.05) is 13.2 Å². The third-order valence-corrected chi connectivity index (χ3v) is 8.84. The number of thiazole rings is 1. The largest absolute Gasteiger partial charge is 0.494 e. The van der Waals surface area contributed by atoms with Crippen molar-refractivity contribution in [3.8, 4) is 17.6 Å². The molecule has 1 atom stereocenters. The molecule has 0 amide bonds. The average Bonchev–Trinajstić information content (AvgIpc) is 3.30. The summed E-state index contributed by atoms with van der Waals surface area (Å²) in [4.78, 5) is 32.5. The van der Waals surface area contributed by atoms with Gasteiger partial charge in [-0.15, -0.1) is 0 Å². The molecule has 1 aromatic heterocycles. The van der Waals surface area contributed by atoms with Gasteiger partial charge in [-0.25, -0.2) is 9.79 Å². The summed E-state index contributed by atoms with van der Waals surface area (Å²) in [6, 6.07) is 19.6. The number of esters is 1. The van der Waals surface area contributed by atoms with Crippen molar-refractivity contribution in [1.82, 2.24) is 4.57 Å². The quantitative estimate of drug-likeness (QED) is 0.191. The maximum absolute atomic E-state index is 14.1. The zero-order valence-electron chi connectivity index (χ0n) is 24.1. The lowest BCUT2D eigenvalue weighted by atomic mass is 9.96. The molecule has 5 rings (SSSR count). The van der Waals surface area contributed by atoms with Crippen LogP contribution in [0.5, 0.6) is 11.5 Å². The zero-order chi connectivity index (χ0) is 31.4. The first-order chi connectivity index (χ1) is 21.2.